The quantitative estimate of drug-likeness (QED) is 0.336. The molecule has 9 heavy (non-hydrogen) atoms. The summed E-state index contributed by atoms with van der Waals surface area (Å²) >= 11 is 0. The molecule has 0 saturated carbocycles. The molecule has 0 aliphatic heterocycles. The smallest absolute Gasteiger partial charge is 0.376 e. The Kier molecular flexibility index (Phi) is 3.19. The first kappa shape index (κ1) is 7.74. The standard InChI is InChI=1S/C4H9N3O2/c1-6-3(5)9-4(8)7-2/h1-2H3,(H2,5,6)(H,7,8). The van der Waals surface area contributed by atoms with E-state index in [-0.39, 0.29) is 6.02 Å². The number of ether oxygens (including phenoxy) is 1. The number of carbonyl (C=O) groups excluding carboxylic acids is 1. The van der Waals surface area contributed by atoms with Gasteiger partial charge in [-0.3, -0.25) is 0 Å². The molecule has 0 rings (SSSR count). The van der Waals surface area contributed by atoms with Crippen LogP contribution in [0.2, 0.25) is 0 Å². The fourth-order valence-corrected chi connectivity index (χ4v) is 0.192. The van der Waals surface area contributed by atoms with E-state index in [9.17, 15) is 4.79 Å². The topological polar surface area (TPSA) is 76.7 Å². The van der Waals surface area contributed by atoms with Crippen LogP contribution in [0.1, 0.15) is 0 Å². The Hall–Kier alpha value is -1.26. The summed E-state index contributed by atoms with van der Waals surface area (Å²) < 4.78 is 4.33. The maximum Gasteiger partial charge on any atom is 0.414 e. The number of amides is 1. The second kappa shape index (κ2) is 3.71. The maximum absolute atomic E-state index is 10.3. The second-order valence-corrected chi connectivity index (χ2v) is 1.20. The first-order valence-corrected chi connectivity index (χ1v) is 2.32. The van der Waals surface area contributed by atoms with Crippen molar-refractivity contribution in [3.8, 4) is 0 Å². The zero-order valence-electron chi connectivity index (χ0n) is 5.34. The SMILES string of the molecule is CN=C(N)OC(=O)NC. The summed E-state index contributed by atoms with van der Waals surface area (Å²) in [5, 5.41) is 2.21. The number of nitrogens with two attached hydrogens (primary N) is 1. The van der Waals surface area contributed by atoms with Crippen LogP contribution >= 0.6 is 0 Å². The molecular weight excluding hydrogens is 122 g/mol. The van der Waals surface area contributed by atoms with E-state index in [0.717, 1.165) is 0 Å². The predicted molar refractivity (Wildman–Crippen MR) is 33.1 cm³/mol. The number of aliphatic imine (C=N–C) groups is 1. The fraction of sp³-hybridized carbons (Fsp3) is 0.500. The van der Waals surface area contributed by atoms with Crippen molar-refractivity contribution in [2.24, 2.45) is 10.7 Å². The van der Waals surface area contributed by atoms with Crippen LogP contribution in [0.4, 0.5) is 4.79 Å². The molecule has 5 heteroatoms. The van der Waals surface area contributed by atoms with Crippen LogP contribution in [0.3, 0.4) is 0 Å². The van der Waals surface area contributed by atoms with Crippen LogP contribution in [0.25, 0.3) is 0 Å². The molecule has 1 amide bonds. The third-order valence-corrected chi connectivity index (χ3v) is 0.622. The van der Waals surface area contributed by atoms with E-state index >= 15 is 0 Å². The minimum Gasteiger partial charge on any atom is -0.376 e. The van der Waals surface area contributed by atoms with Crippen molar-refractivity contribution < 1.29 is 9.53 Å². The molecule has 0 aromatic heterocycles. The van der Waals surface area contributed by atoms with Crippen LogP contribution in [0.15, 0.2) is 4.99 Å². The molecule has 0 fully saturated rings. The van der Waals surface area contributed by atoms with Crippen molar-refractivity contribution in [3.05, 3.63) is 0 Å². The number of nitrogens with zero attached hydrogens (tertiary/aromatic N) is 1. The van der Waals surface area contributed by atoms with Crippen molar-refractivity contribution in [3.63, 3.8) is 0 Å². The Morgan fingerprint density at radius 1 is 1.78 bits per heavy atom. The molecule has 0 atom stereocenters. The average molecular weight is 131 g/mol. The lowest BCUT2D eigenvalue weighted by molar-refractivity contribution is 0.199. The number of nitrogens with one attached hydrogen (secondary N) is 1. The highest BCUT2D eigenvalue weighted by molar-refractivity contribution is 5.85. The molecule has 0 spiro atoms. The lowest BCUT2D eigenvalue weighted by Gasteiger charge is -1.98. The Labute approximate surface area is 52.9 Å². The van der Waals surface area contributed by atoms with E-state index in [1.807, 2.05) is 0 Å². The van der Waals surface area contributed by atoms with Crippen LogP contribution in [-0.2, 0) is 4.74 Å². The molecule has 52 valence electrons. The van der Waals surface area contributed by atoms with Gasteiger partial charge in [-0.05, 0) is 0 Å². The van der Waals surface area contributed by atoms with E-state index < -0.39 is 6.09 Å². The summed E-state index contributed by atoms with van der Waals surface area (Å²) in [6, 6.07) is -0.144. The minimum absolute atomic E-state index is 0.144. The average Bonchev–Trinajstić information content (AvgIpc) is 1.87. The van der Waals surface area contributed by atoms with Crippen molar-refractivity contribution in [2.45, 2.75) is 0 Å². The first-order chi connectivity index (χ1) is 4.20. The Balaban J connectivity index is 3.60. The van der Waals surface area contributed by atoms with Crippen molar-refractivity contribution >= 4 is 12.1 Å². The zero-order chi connectivity index (χ0) is 7.28. The summed E-state index contributed by atoms with van der Waals surface area (Å²) in [7, 11) is 2.86. The van der Waals surface area contributed by atoms with Gasteiger partial charge in [0.15, 0.2) is 0 Å². The molecular formula is C4H9N3O2. The minimum atomic E-state index is -0.613. The molecule has 5 nitrogen and oxygen atoms in total. The largest absolute Gasteiger partial charge is 0.414 e. The monoisotopic (exact) mass is 131 g/mol. The third-order valence-electron chi connectivity index (χ3n) is 0.622. The van der Waals surface area contributed by atoms with Gasteiger partial charge in [-0.1, -0.05) is 0 Å². The van der Waals surface area contributed by atoms with Gasteiger partial charge < -0.3 is 15.8 Å². The summed E-state index contributed by atoms with van der Waals surface area (Å²) in [6.07, 6.45) is -0.613. The van der Waals surface area contributed by atoms with Crippen molar-refractivity contribution in [1.29, 1.82) is 0 Å². The highest BCUT2D eigenvalue weighted by atomic mass is 16.6. The molecule has 0 aromatic carbocycles. The summed E-state index contributed by atoms with van der Waals surface area (Å²) in [6.45, 7) is 0. The number of carbonyl (C=O) groups is 1. The molecule has 0 radical (unpaired) electrons. The van der Waals surface area contributed by atoms with Gasteiger partial charge in [0.1, 0.15) is 0 Å². The number of amidine groups is 1. The van der Waals surface area contributed by atoms with E-state index in [2.05, 4.69) is 15.0 Å². The van der Waals surface area contributed by atoms with Gasteiger partial charge in [0, 0.05) is 14.1 Å². The van der Waals surface area contributed by atoms with E-state index in [0.29, 0.717) is 0 Å². The van der Waals surface area contributed by atoms with Gasteiger partial charge in [0.25, 0.3) is 6.02 Å². The van der Waals surface area contributed by atoms with E-state index in [1.165, 1.54) is 14.1 Å². The molecule has 3 N–H and O–H groups in total. The maximum atomic E-state index is 10.3. The van der Waals surface area contributed by atoms with Gasteiger partial charge in [-0.2, -0.15) is 0 Å². The number of hydrogen-bond donors (Lipinski definition) is 2. The van der Waals surface area contributed by atoms with Crippen LogP contribution < -0.4 is 11.1 Å². The first-order valence-electron chi connectivity index (χ1n) is 2.32. The van der Waals surface area contributed by atoms with Gasteiger partial charge in [-0.15, -0.1) is 0 Å². The fourth-order valence-electron chi connectivity index (χ4n) is 0.192. The highest BCUT2D eigenvalue weighted by Gasteiger charge is 1.98. The molecule has 0 bridgehead atoms. The predicted octanol–water partition coefficient (Wildman–Crippen LogP) is -0.713. The van der Waals surface area contributed by atoms with Crippen LogP contribution in [0.5, 0.6) is 0 Å². The third kappa shape index (κ3) is 3.33. The highest BCUT2D eigenvalue weighted by Crippen LogP contribution is 1.73. The van der Waals surface area contributed by atoms with Crippen molar-refractivity contribution in [1.82, 2.24) is 5.32 Å². The lowest BCUT2D eigenvalue weighted by atomic mass is 11.0. The van der Waals surface area contributed by atoms with Crippen LogP contribution in [0, 0.1) is 0 Å². The number of rotatable bonds is 0. The van der Waals surface area contributed by atoms with E-state index in [1.54, 1.807) is 0 Å². The molecule has 0 aromatic rings. The van der Waals surface area contributed by atoms with Gasteiger partial charge in [-0.25, -0.2) is 9.79 Å². The normalized spacial score (nSPS) is 10.7. The van der Waals surface area contributed by atoms with Gasteiger partial charge >= 0.3 is 6.09 Å². The summed E-state index contributed by atoms with van der Waals surface area (Å²) in [5.74, 6) is 0. The van der Waals surface area contributed by atoms with Crippen molar-refractivity contribution in [2.75, 3.05) is 14.1 Å². The Morgan fingerprint density at radius 2 is 2.33 bits per heavy atom. The molecule has 0 unspecified atom stereocenters. The Bertz CT molecular complexity index is 132. The number of hydrogen-bond acceptors (Lipinski definition) is 3. The Morgan fingerprint density at radius 3 is 2.67 bits per heavy atom. The molecule has 0 saturated heterocycles. The van der Waals surface area contributed by atoms with Crippen LogP contribution in [-0.4, -0.2) is 26.2 Å². The number of alkyl carbamates (subject to hydrolysis) is 1. The molecule has 0 heterocycles. The zero-order valence-corrected chi connectivity index (χ0v) is 5.34. The second-order valence-electron chi connectivity index (χ2n) is 1.20. The molecule has 0 aliphatic rings. The molecule has 0 aliphatic carbocycles. The van der Waals surface area contributed by atoms with E-state index in [4.69, 9.17) is 5.73 Å². The summed E-state index contributed by atoms with van der Waals surface area (Å²) in [5.41, 5.74) is 5.02. The van der Waals surface area contributed by atoms with Gasteiger partial charge in [0.2, 0.25) is 0 Å². The van der Waals surface area contributed by atoms with Gasteiger partial charge in [0.05, 0.1) is 0 Å². The lowest BCUT2D eigenvalue weighted by Crippen LogP contribution is -2.27. The summed E-state index contributed by atoms with van der Waals surface area (Å²) in [4.78, 5) is 13.7.